The van der Waals surface area contributed by atoms with Crippen molar-refractivity contribution in [3.05, 3.63) is 25.3 Å². The maximum Gasteiger partial charge on any atom is 0.249 e. The van der Waals surface area contributed by atoms with Crippen molar-refractivity contribution in [2.24, 2.45) is 0 Å². The van der Waals surface area contributed by atoms with Crippen LogP contribution in [-0.2, 0) is 9.63 Å². The summed E-state index contributed by atoms with van der Waals surface area (Å²) >= 11 is 0. The van der Waals surface area contributed by atoms with Gasteiger partial charge < -0.3 is 0 Å². The van der Waals surface area contributed by atoms with Crippen molar-refractivity contribution >= 4 is 5.91 Å². The third-order valence-corrected chi connectivity index (χ3v) is 1.06. The Labute approximate surface area is 66.9 Å². The Hall–Kier alpha value is -1.09. The molecule has 11 heavy (non-hydrogen) atoms. The molecule has 3 nitrogen and oxygen atoms in total. The van der Waals surface area contributed by atoms with Gasteiger partial charge in [-0.25, -0.2) is 5.06 Å². The van der Waals surface area contributed by atoms with Crippen LogP contribution in [0.4, 0.5) is 0 Å². The summed E-state index contributed by atoms with van der Waals surface area (Å²) in [7, 11) is 1.56. The Morgan fingerprint density at radius 2 is 2.18 bits per heavy atom. The van der Waals surface area contributed by atoms with Crippen LogP contribution in [0.5, 0.6) is 0 Å². The molecule has 0 radical (unpaired) electrons. The van der Waals surface area contributed by atoms with Crippen LogP contribution in [0, 0.1) is 0 Å². The van der Waals surface area contributed by atoms with E-state index in [0.29, 0.717) is 13.0 Å². The highest BCUT2D eigenvalue weighted by atomic mass is 16.7. The molecule has 0 rings (SSSR count). The number of nitrogens with zero attached hydrogens (tertiary/aromatic N) is 1. The highest BCUT2D eigenvalue weighted by Gasteiger charge is 2.04. The summed E-state index contributed by atoms with van der Waals surface area (Å²) in [5.41, 5.74) is 0. The average Bonchev–Trinajstić information content (AvgIpc) is 2.00. The number of hydrogen-bond donors (Lipinski definition) is 0. The van der Waals surface area contributed by atoms with Gasteiger partial charge in [0.1, 0.15) is 0 Å². The Morgan fingerprint density at radius 1 is 1.55 bits per heavy atom. The first kappa shape index (κ1) is 9.91. The van der Waals surface area contributed by atoms with Crippen LogP contribution in [-0.4, -0.2) is 24.6 Å². The van der Waals surface area contributed by atoms with Crippen molar-refractivity contribution in [2.45, 2.75) is 6.42 Å². The SMILES string of the molecule is C=CCON(C)C(=O)CC=C. The van der Waals surface area contributed by atoms with Crippen molar-refractivity contribution in [1.29, 1.82) is 0 Å². The van der Waals surface area contributed by atoms with Crippen LogP contribution in [0.25, 0.3) is 0 Å². The van der Waals surface area contributed by atoms with Gasteiger partial charge in [-0.1, -0.05) is 12.2 Å². The van der Waals surface area contributed by atoms with Crippen LogP contribution < -0.4 is 0 Å². The van der Waals surface area contributed by atoms with E-state index in [1.807, 2.05) is 0 Å². The van der Waals surface area contributed by atoms with Crippen molar-refractivity contribution in [3.63, 3.8) is 0 Å². The fourth-order valence-corrected chi connectivity index (χ4v) is 0.489. The molecule has 0 aliphatic carbocycles. The molecule has 0 heterocycles. The van der Waals surface area contributed by atoms with Gasteiger partial charge in [0.05, 0.1) is 6.61 Å². The van der Waals surface area contributed by atoms with E-state index in [9.17, 15) is 4.79 Å². The topological polar surface area (TPSA) is 29.5 Å². The lowest BCUT2D eigenvalue weighted by atomic mass is 10.4. The fraction of sp³-hybridized carbons (Fsp3) is 0.375. The van der Waals surface area contributed by atoms with Gasteiger partial charge >= 0.3 is 0 Å². The number of hydrogen-bond acceptors (Lipinski definition) is 2. The summed E-state index contributed by atoms with van der Waals surface area (Å²) < 4.78 is 0. The van der Waals surface area contributed by atoms with Gasteiger partial charge in [-0.15, -0.1) is 13.2 Å². The molecule has 62 valence electrons. The number of carbonyl (C=O) groups is 1. The average molecular weight is 155 g/mol. The zero-order valence-electron chi connectivity index (χ0n) is 6.75. The first-order valence-electron chi connectivity index (χ1n) is 3.33. The minimum atomic E-state index is -0.109. The largest absolute Gasteiger partial charge is 0.272 e. The molecule has 0 bridgehead atoms. The summed E-state index contributed by atoms with van der Waals surface area (Å²) in [6, 6.07) is 0. The summed E-state index contributed by atoms with van der Waals surface area (Å²) in [6.45, 7) is 7.24. The zero-order valence-corrected chi connectivity index (χ0v) is 6.75. The van der Waals surface area contributed by atoms with Crippen molar-refractivity contribution in [1.82, 2.24) is 5.06 Å². The second kappa shape index (κ2) is 5.68. The van der Waals surface area contributed by atoms with Gasteiger partial charge in [-0.05, 0) is 0 Å². The number of carbonyl (C=O) groups excluding carboxylic acids is 1. The maximum absolute atomic E-state index is 10.9. The van der Waals surface area contributed by atoms with Crippen LogP contribution in [0.2, 0.25) is 0 Å². The molecule has 0 aromatic rings. The van der Waals surface area contributed by atoms with E-state index >= 15 is 0 Å². The highest BCUT2D eigenvalue weighted by molar-refractivity contribution is 5.76. The number of rotatable bonds is 5. The smallest absolute Gasteiger partial charge is 0.249 e. The quantitative estimate of drug-likeness (QED) is 0.440. The van der Waals surface area contributed by atoms with Crippen molar-refractivity contribution in [2.75, 3.05) is 13.7 Å². The van der Waals surface area contributed by atoms with Gasteiger partial charge in [0.25, 0.3) is 0 Å². The van der Waals surface area contributed by atoms with Crippen molar-refractivity contribution < 1.29 is 9.63 Å². The summed E-state index contributed by atoms with van der Waals surface area (Å²) in [6.07, 6.45) is 3.42. The van der Waals surface area contributed by atoms with E-state index in [1.54, 1.807) is 13.1 Å². The van der Waals surface area contributed by atoms with Crippen LogP contribution >= 0.6 is 0 Å². The van der Waals surface area contributed by atoms with Crippen LogP contribution in [0.1, 0.15) is 6.42 Å². The van der Waals surface area contributed by atoms with E-state index in [0.717, 1.165) is 0 Å². The second-order valence-electron chi connectivity index (χ2n) is 1.97. The first-order valence-corrected chi connectivity index (χ1v) is 3.33. The van der Waals surface area contributed by atoms with E-state index < -0.39 is 0 Å². The molecular formula is C8H13NO2. The second-order valence-corrected chi connectivity index (χ2v) is 1.97. The summed E-state index contributed by atoms with van der Waals surface area (Å²) in [5.74, 6) is -0.109. The third-order valence-electron chi connectivity index (χ3n) is 1.06. The summed E-state index contributed by atoms with van der Waals surface area (Å²) in [4.78, 5) is 15.9. The first-order chi connectivity index (χ1) is 5.22. The Bertz CT molecular complexity index is 154. The zero-order chi connectivity index (χ0) is 8.69. The van der Waals surface area contributed by atoms with E-state index in [2.05, 4.69) is 13.2 Å². The van der Waals surface area contributed by atoms with Gasteiger partial charge in [-0.3, -0.25) is 9.63 Å². The molecule has 0 unspecified atom stereocenters. The highest BCUT2D eigenvalue weighted by Crippen LogP contribution is 1.92. The molecule has 0 aromatic carbocycles. The van der Waals surface area contributed by atoms with E-state index in [1.165, 1.54) is 11.1 Å². The van der Waals surface area contributed by atoms with Gasteiger partial charge in [0.15, 0.2) is 0 Å². The molecule has 0 aliphatic rings. The van der Waals surface area contributed by atoms with Gasteiger partial charge in [-0.2, -0.15) is 0 Å². The van der Waals surface area contributed by atoms with Gasteiger partial charge in [0.2, 0.25) is 5.91 Å². The number of amides is 1. The molecule has 0 fully saturated rings. The lowest BCUT2D eigenvalue weighted by Crippen LogP contribution is -2.26. The monoisotopic (exact) mass is 155 g/mol. The third kappa shape index (κ3) is 4.33. The lowest BCUT2D eigenvalue weighted by molar-refractivity contribution is -0.173. The molecule has 0 N–H and O–H groups in total. The van der Waals surface area contributed by atoms with Crippen LogP contribution in [0.3, 0.4) is 0 Å². The van der Waals surface area contributed by atoms with Gasteiger partial charge in [0, 0.05) is 13.5 Å². The predicted molar refractivity (Wildman–Crippen MR) is 43.7 cm³/mol. The Morgan fingerprint density at radius 3 is 2.64 bits per heavy atom. The molecular weight excluding hydrogens is 142 g/mol. The Kier molecular flexibility index (Phi) is 5.11. The molecule has 0 saturated heterocycles. The molecule has 0 atom stereocenters. The molecule has 0 aliphatic heterocycles. The normalized spacial score (nSPS) is 8.82. The maximum atomic E-state index is 10.9. The standard InChI is InChI=1S/C8H13NO2/c1-4-6-8(10)9(3)11-7-5-2/h4-5H,1-2,6-7H2,3H3. The fourth-order valence-electron chi connectivity index (χ4n) is 0.489. The minimum absolute atomic E-state index is 0.109. The van der Waals surface area contributed by atoms with E-state index in [-0.39, 0.29) is 5.91 Å². The molecule has 0 saturated carbocycles. The lowest BCUT2D eigenvalue weighted by Gasteiger charge is -2.13. The number of hydroxylamine groups is 2. The molecule has 3 heteroatoms. The van der Waals surface area contributed by atoms with Crippen LogP contribution in [0.15, 0.2) is 25.3 Å². The Balaban J connectivity index is 3.62. The molecule has 1 amide bonds. The van der Waals surface area contributed by atoms with E-state index in [4.69, 9.17) is 4.84 Å². The van der Waals surface area contributed by atoms with Crippen molar-refractivity contribution in [3.8, 4) is 0 Å². The predicted octanol–water partition coefficient (Wildman–Crippen LogP) is 1.14. The summed E-state index contributed by atoms with van der Waals surface area (Å²) in [5, 5.41) is 1.18. The molecule has 0 aromatic heterocycles. The molecule has 0 spiro atoms. The minimum Gasteiger partial charge on any atom is -0.272 e.